The van der Waals surface area contributed by atoms with E-state index in [0.29, 0.717) is 12.6 Å². The Hall–Kier alpha value is -0.610. The molecule has 0 amide bonds. The van der Waals surface area contributed by atoms with Gasteiger partial charge in [0.2, 0.25) is 0 Å². The zero-order chi connectivity index (χ0) is 16.3. The first kappa shape index (κ1) is 18.4. The van der Waals surface area contributed by atoms with Crippen LogP contribution in [-0.4, -0.2) is 47.7 Å². The molecular weight excluding hydrogens is 264 g/mol. The number of hydrogen-bond donors (Lipinski definition) is 1. The van der Waals surface area contributed by atoms with E-state index in [-0.39, 0.29) is 17.6 Å². The fourth-order valence-electron chi connectivity index (χ4n) is 3.29. The zero-order valence-corrected chi connectivity index (χ0v) is 15.0. The van der Waals surface area contributed by atoms with Crippen LogP contribution < -0.4 is 5.32 Å². The Kier molecular flexibility index (Phi) is 6.23. The van der Waals surface area contributed by atoms with Crippen LogP contribution >= 0.6 is 0 Å². The van der Waals surface area contributed by atoms with Crippen molar-refractivity contribution in [2.24, 2.45) is 0 Å². The Labute approximate surface area is 130 Å². The van der Waals surface area contributed by atoms with Gasteiger partial charge in [-0.15, -0.1) is 0 Å². The van der Waals surface area contributed by atoms with Crippen LogP contribution in [0.4, 0.5) is 0 Å². The van der Waals surface area contributed by atoms with Crippen LogP contribution in [0.2, 0.25) is 0 Å². The minimum absolute atomic E-state index is 0.0797. The van der Waals surface area contributed by atoms with Crippen molar-refractivity contribution in [1.82, 2.24) is 10.2 Å². The molecule has 0 radical (unpaired) electrons. The molecule has 1 aliphatic rings. The number of carbonyl (C=O) groups excluding carboxylic acids is 1. The van der Waals surface area contributed by atoms with Gasteiger partial charge < -0.3 is 4.74 Å². The van der Waals surface area contributed by atoms with Crippen LogP contribution in [0.3, 0.4) is 0 Å². The molecule has 1 fully saturated rings. The Morgan fingerprint density at radius 3 is 2.52 bits per heavy atom. The molecule has 0 aromatic rings. The van der Waals surface area contributed by atoms with Gasteiger partial charge in [0, 0.05) is 17.6 Å². The molecule has 2 unspecified atom stereocenters. The topological polar surface area (TPSA) is 41.6 Å². The van der Waals surface area contributed by atoms with Gasteiger partial charge in [0.25, 0.3) is 0 Å². The average molecular weight is 298 g/mol. The van der Waals surface area contributed by atoms with Crippen molar-refractivity contribution in [3.63, 3.8) is 0 Å². The summed E-state index contributed by atoms with van der Waals surface area (Å²) in [5.74, 6) is -0.0797. The monoisotopic (exact) mass is 298 g/mol. The van der Waals surface area contributed by atoms with E-state index in [9.17, 15) is 4.79 Å². The number of nitrogens with one attached hydrogen (secondary N) is 1. The number of ether oxygens (including phenoxy) is 1. The van der Waals surface area contributed by atoms with Crippen LogP contribution in [0.1, 0.15) is 67.2 Å². The molecule has 0 bridgehead atoms. The average Bonchev–Trinajstić information content (AvgIpc) is 2.82. The first-order valence-electron chi connectivity index (χ1n) is 8.36. The second-order valence-electron chi connectivity index (χ2n) is 7.28. The minimum Gasteiger partial charge on any atom is -0.465 e. The van der Waals surface area contributed by atoms with E-state index in [1.165, 1.54) is 0 Å². The number of nitrogens with zero attached hydrogens (tertiary/aromatic N) is 1. The van der Waals surface area contributed by atoms with Gasteiger partial charge in [-0.1, -0.05) is 6.92 Å². The standard InChI is InChI=1S/C17H34N2O2/c1-8-16(5,6)19(7)14-10-11-17(12-14,18-13(3)4)15(20)21-9-2/h13-14,18H,8-12H2,1-7H3. The highest BCUT2D eigenvalue weighted by Crippen LogP contribution is 2.37. The summed E-state index contributed by atoms with van der Waals surface area (Å²) < 4.78 is 5.35. The molecule has 0 aliphatic heterocycles. The lowest BCUT2D eigenvalue weighted by Crippen LogP contribution is -2.55. The molecule has 4 nitrogen and oxygen atoms in total. The lowest BCUT2D eigenvalue weighted by atomic mass is 9.94. The van der Waals surface area contributed by atoms with Gasteiger partial charge in [0.05, 0.1) is 6.61 Å². The van der Waals surface area contributed by atoms with Crippen molar-refractivity contribution in [2.45, 2.75) is 90.4 Å². The minimum atomic E-state index is -0.507. The van der Waals surface area contributed by atoms with Crippen molar-refractivity contribution < 1.29 is 9.53 Å². The molecule has 1 N–H and O–H groups in total. The number of carbonyl (C=O) groups is 1. The molecule has 0 aromatic heterocycles. The highest BCUT2D eigenvalue weighted by Gasteiger charge is 2.49. The van der Waals surface area contributed by atoms with Crippen molar-refractivity contribution in [3.8, 4) is 0 Å². The van der Waals surface area contributed by atoms with Gasteiger partial charge in [-0.3, -0.25) is 15.0 Å². The summed E-state index contributed by atoms with van der Waals surface area (Å²) in [7, 11) is 2.19. The highest BCUT2D eigenvalue weighted by atomic mass is 16.5. The fourth-order valence-corrected chi connectivity index (χ4v) is 3.29. The molecule has 1 aliphatic carbocycles. The maximum atomic E-state index is 12.5. The second-order valence-corrected chi connectivity index (χ2v) is 7.28. The van der Waals surface area contributed by atoms with Crippen molar-refractivity contribution in [2.75, 3.05) is 13.7 Å². The molecule has 4 heteroatoms. The normalized spacial score (nSPS) is 26.6. The Balaban J connectivity index is 2.88. The molecule has 0 heterocycles. The molecule has 0 spiro atoms. The first-order valence-corrected chi connectivity index (χ1v) is 8.36. The molecule has 0 aromatic carbocycles. The van der Waals surface area contributed by atoms with Gasteiger partial charge in [-0.2, -0.15) is 0 Å². The third-order valence-corrected chi connectivity index (χ3v) is 5.09. The molecule has 2 atom stereocenters. The van der Waals surface area contributed by atoms with E-state index in [0.717, 1.165) is 25.7 Å². The van der Waals surface area contributed by atoms with Crippen LogP contribution in [0, 0.1) is 0 Å². The van der Waals surface area contributed by atoms with E-state index in [2.05, 4.69) is 51.9 Å². The van der Waals surface area contributed by atoms with Crippen molar-refractivity contribution in [1.29, 1.82) is 0 Å². The molecular formula is C17H34N2O2. The highest BCUT2D eigenvalue weighted by molar-refractivity contribution is 5.81. The number of hydrogen-bond acceptors (Lipinski definition) is 4. The summed E-state index contributed by atoms with van der Waals surface area (Å²) in [6, 6.07) is 0.702. The predicted octanol–water partition coefficient (Wildman–Crippen LogP) is 2.96. The zero-order valence-electron chi connectivity index (χ0n) is 15.0. The third-order valence-electron chi connectivity index (χ3n) is 5.09. The van der Waals surface area contributed by atoms with Crippen LogP contribution in [0.15, 0.2) is 0 Å². The fraction of sp³-hybridized carbons (Fsp3) is 0.941. The van der Waals surface area contributed by atoms with Crippen LogP contribution in [-0.2, 0) is 9.53 Å². The van der Waals surface area contributed by atoms with E-state index >= 15 is 0 Å². The number of rotatable bonds is 7. The molecule has 124 valence electrons. The maximum Gasteiger partial charge on any atom is 0.326 e. The van der Waals surface area contributed by atoms with Crippen molar-refractivity contribution in [3.05, 3.63) is 0 Å². The second kappa shape index (κ2) is 7.10. The summed E-state index contributed by atoms with van der Waals surface area (Å²) in [5.41, 5.74) is -0.347. The summed E-state index contributed by atoms with van der Waals surface area (Å²) >= 11 is 0. The van der Waals surface area contributed by atoms with Crippen LogP contribution in [0.5, 0.6) is 0 Å². The summed E-state index contributed by atoms with van der Waals surface area (Å²) in [5, 5.41) is 3.49. The molecule has 1 saturated carbocycles. The summed E-state index contributed by atoms with van der Waals surface area (Å²) in [6.45, 7) is 13.3. The lowest BCUT2D eigenvalue weighted by Gasteiger charge is -2.40. The SMILES string of the molecule is CCOC(=O)C1(NC(C)C)CCC(N(C)C(C)(C)CC)C1. The van der Waals surface area contributed by atoms with E-state index in [4.69, 9.17) is 4.74 Å². The molecule has 1 rings (SSSR count). The summed E-state index contributed by atoms with van der Waals surface area (Å²) in [6.07, 6.45) is 3.84. The van der Waals surface area contributed by atoms with E-state index in [1.54, 1.807) is 0 Å². The van der Waals surface area contributed by atoms with Crippen molar-refractivity contribution >= 4 is 5.97 Å². The quantitative estimate of drug-likeness (QED) is 0.734. The molecule has 21 heavy (non-hydrogen) atoms. The Morgan fingerprint density at radius 1 is 1.43 bits per heavy atom. The van der Waals surface area contributed by atoms with Crippen LogP contribution in [0.25, 0.3) is 0 Å². The largest absolute Gasteiger partial charge is 0.465 e. The van der Waals surface area contributed by atoms with E-state index < -0.39 is 5.54 Å². The molecule has 0 saturated heterocycles. The van der Waals surface area contributed by atoms with Gasteiger partial charge in [-0.25, -0.2) is 0 Å². The Bertz CT molecular complexity index is 355. The van der Waals surface area contributed by atoms with Gasteiger partial charge >= 0.3 is 5.97 Å². The maximum absolute atomic E-state index is 12.5. The first-order chi connectivity index (χ1) is 9.68. The predicted molar refractivity (Wildman–Crippen MR) is 87.4 cm³/mol. The smallest absolute Gasteiger partial charge is 0.326 e. The lowest BCUT2D eigenvalue weighted by molar-refractivity contribution is -0.151. The summed E-state index contributed by atoms with van der Waals surface area (Å²) in [4.78, 5) is 14.9. The van der Waals surface area contributed by atoms with Gasteiger partial charge in [-0.05, 0) is 67.3 Å². The Morgan fingerprint density at radius 2 is 2.05 bits per heavy atom. The van der Waals surface area contributed by atoms with Gasteiger partial charge in [0.15, 0.2) is 0 Å². The third kappa shape index (κ3) is 4.19. The number of esters is 1. The van der Waals surface area contributed by atoms with E-state index in [1.807, 2.05) is 6.92 Å². The van der Waals surface area contributed by atoms with Gasteiger partial charge in [0.1, 0.15) is 5.54 Å².